The van der Waals surface area contributed by atoms with E-state index in [1.807, 2.05) is 48.7 Å². The van der Waals surface area contributed by atoms with Crippen LogP contribution in [-0.2, 0) is 0 Å². The summed E-state index contributed by atoms with van der Waals surface area (Å²) in [6, 6.07) is 9.88. The molecule has 1 heterocycles. The molecular formula is C15H13BrClN3. The van der Waals surface area contributed by atoms with Gasteiger partial charge in [0.25, 0.3) is 0 Å². The number of nitrogen functional groups attached to an aromatic ring is 1. The van der Waals surface area contributed by atoms with Gasteiger partial charge in [0.2, 0.25) is 5.95 Å². The van der Waals surface area contributed by atoms with E-state index in [9.17, 15) is 0 Å². The van der Waals surface area contributed by atoms with Crippen LogP contribution in [0.15, 0.2) is 34.8 Å². The van der Waals surface area contributed by atoms with Crippen LogP contribution in [0.5, 0.6) is 0 Å². The predicted octanol–water partition coefficient (Wildman–Crippen LogP) is 4.64. The SMILES string of the molecule is Cc1cc(Br)c(-n2c(N)nc3cccc(C)c32)cc1Cl. The van der Waals surface area contributed by atoms with E-state index in [0.717, 1.165) is 32.3 Å². The van der Waals surface area contributed by atoms with Crippen molar-refractivity contribution in [1.82, 2.24) is 9.55 Å². The van der Waals surface area contributed by atoms with Gasteiger partial charge in [-0.15, -0.1) is 0 Å². The number of benzene rings is 2. The number of anilines is 1. The summed E-state index contributed by atoms with van der Waals surface area (Å²) in [6.07, 6.45) is 0. The van der Waals surface area contributed by atoms with Crippen LogP contribution in [0.25, 0.3) is 16.7 Å². The molecule has 0 fully saturated rings. The Bertz CT molecular complexity index is 824. The number of hydrogen-bond acceptors (Lipinski definition) is 2. The molecule has 0 amide bonds. The van der Waals surface area contributed by atoms with Gasteiger partial charge in [0, 0.05) is 9.50 Å². The first-order chi connectivity index (χ1) is 9.49. The Morgan fingerprint density at radius 3 is 2.70 bits per heavy atom. The van der Waals surface area contributed by atoms with Crippen LogP contribution in [0.4, 0.5) is 5.95 Å². The molecular weight excluding hydrogens is 338 g/mol. The van der Waals surface area contributed by atoms with E-state index >= 15 is 0 Å². The Morgan fingerprint density at radius 1 is 1.20 bits per heavy atom. The third-order valence-electron chi connectivity index (χ3n) is 3.37. The van der Waals surface area contributed by atoms with E-state index in [1.165, 1.54) is 0 Å². The van der Waals surface area contributed by atoms with E-state index < -0.39 is 0 Å². The fourth-order valence-electron chi connectivity index (χ4n) is 2.36. The lowest BCUT2D eigenvalue weighted by Gasteiger charge is -2.12. The normalized spacial score (nSPS) is 11.2. The molecule has 3 nitrogen and oxygen atoms in total. The van der Waals surface area contributed by atoms with Crippen molar-refractivity contribution in [3.05, 3.63) is 51.0 Å². The molecule has 1 aromatic heterocycles. The highest BCUT2D eigenvalue weighted by molar-refractivity contribution is 9.10. The molecule has 0 aliphatic heterocycles. The van der Waals surface area contributed by atoms with E-state index in [0.29, 0.717) is 11.0 Å². The molecule has 0 spiro atoms. The largest absolute Gasteiger partial charge is 0.369 e. The number of hydrogen-bond donors (Lipinski definition) is 1. The lowest BCUT2D eigenvalue weighted by Crippen LogP contribution is -2.02. The van der Waals surface area contributed by atoms with Crippen LogP contribution in [0.3, 0.4) is 0 Å². The molecule has 102 valence electrons. The monoisotopic (exact) mass is 349 g/mol. The third-order valence-corrected chi connectivity index (χ3v) is 4.42. The number of imidazole rings is 1. The highest BCUT2D eigenvalue weighted by Crippen LogP contribution is 2.33. The Morgan fingerprint density at radius 2 is 1.95 bits per heavy atom. The second-order valence-corrected chi connectivity index (χ2v) is 6.06. The van der Waals surface area contributed by atoms with Crippen molar-refractivity contribution in [2.45, 2.75) is 13.8 Å². The maximum Gasteiger partial charge on any atom is 0.205 e. The van der Waals surface area contributed by atoms with Gasteiger partial charge in [0.1, 0.15) is 0 Å². The average molecular weight is 351 g/mol. The molecule has 0 radical (unpaired) electrons. The predicted molar refractivity (Wildman–Crippen MR) is 87.7 cm³/mol. The quantitative estimate of drug-likeness (QED) is 0.695. The highest BCUT2D eigenvalue weighted by Gasteiger charge is 2.15. The molecule has 0 saturated carbocycles. The van der Waals surface area contributed by atoms with Gasteiger partial charge in [0.15, 0.2) is 0 Å². The number of aromatic nitrogens is 2. The van der Waals surface area contributed by atoms with E-state index in [2.05, 4.69) is 20.9 Å². The maximum absolute atomic E-state index is 6.25. The third kappa shape index (κ3) is 2.00. The maximum atomic E-state index is 6.25. The van der Waals surface area contributed by atoms with Gasteiger partial charge < -0.3 is 5.73 Å². The van der Waals surface area contributed by atoms with Crippen LogP contribution in [0, 0.1) is 13.8 Å². The second kappa shape index (κ2) is 4.79. The topological polar surface area (TPSA) is 43.8 Å². The van der Waals surface area contributed by atoms with Crippen molar-refractivity contribution >= 4 is 44.5 Å². The van der Waals surface area contributed by atoms with Gasteiger partial charge in [0.05, 0.1) is 16.7 Å². The first-order valence-electron chi connectivity index (χ1n) is 6.18. The number of para-hydroxylation sites is 1. The van der Waals surface area contributed by atoms with Crippen molar-refractivity contribution in [2.24, 2.45) is 0 Å². The zero-order chi connectivity index (χ0) is 14.4. The second-order valence-electron chi connectivity index (χ2n) is 4.80. The van der Waals surface area contributed by atoms with Gasteiger partial charge in [-0.2, -0.15) is 0 Å². The van der Waals surface area contributed by atoms with Gasteiger partial charge >= 0.3 is 0 Å². The summed E-state index contributed by atoms with van der Waals surface area (Å²) in [5.74, 6) is 0.454. The zero-order valence-electron chi connectivity index (χ0n) is 11.1. The van der Waals surface area contributed by atoms with Gasteiger partial charge in [-0.25, -0.2) is 4.98 Å². The number of aryl methyl sites for hydroxylation is 2. The fourth-order valence-corrected chi connectivity index (χ4v) is 3.16. The summed E-state index contributed by atoms with van der Waals surface area (Å²) in [7, 11) is 0. The fraction of sp³-hybridized carbons (Fsp3) is 0.133. The molecule has 5 heteroatoms. The first kappa shape index (κ1) is 13.5. The van der Waals surface area contributed by atoms with Gasteiger partial charge in [-0.1, -0.05) is 23.7 Å². The molecule has 3 rings (SSSR count). The molecule has 20 heavy (non-hydrogen) atoms. The summed E-state index contributed by atoms with van der Waals surface area (Å²) in [5.41, 5.74) is 11.0. The molecule has 0 unspecified atom stereocenters. The molecule has 0 bridgehead atoms. The molecule has 3 aromatic rings. The number of nitrogens with zero attached hydrogens (tertiary/aromatic N) is 2. The average Bonchev–Trinajstić information content (AvgIpc) is 2.71. The van der Waals surface area contributed by atoms with E-state index in [1.54, 1.807) is 0 Å². The molecule has 0 aliphatic rings. The first-order valence-corrected chi connectivity index (χ1v) is 7.35. The number of nitrogens with two attached hydrogens (primary N) is 1. The van der Waals surface area contributed by atoms with Gasteiger partial charge in [-0.3, -0.25) is 4.57 Å². The summed E-state index contributed by atoms with van der Waals surface area (Å²) < 4.78 is 2.87. The summed E-state index contributed by atoms with van der Waals surface area (Å²) in [5, 5.41) is 0.707. The lowest BCUT2D eigenvalue weighted by molar-refractivity contribution is 1.09. The molecule has 2 N–H and O–H groups in total. The van der Waals surface area contributed by atoms with E-state index in [-0.39, 0.29) is 0 Å². The minimum absolute atomic E-state index is 0.454. The summed E-state index contributed by atoms with van der Waals surface area (Å²) in [4.78, 5) is 4.42. The minimum atomic E-state index is 0.454. The Labute approximate surface area is 130 Å². The minimum Gasteiger partial charge on any atom is -0.369 e. The van der Waals surface area contributed by atoms with Crippen LogP contribution in [0.1, 0.15) is 11.1 Å². The van der Waals surface area contributed by atoms with Crippen molar-refractivity contribution in [3.63, 3.8) is 0 Å². The van der Waals surface area contributed by atoms with Crippen molar-refractivity contribution in [3.8, 4) is 5.69 Å². The summed E-state index contributed by atoms with van der Waals surface area (Å²) in [6.45, 7) is 4.02. The zero-order valence-corrected chi connectivity index (χ0v) is 13.5. The Hall–Kier alpha value is -1.52. The molecule has 0 saturated heterocycles. The van der Waals surface area contributed by atoms with Crippen molar-refractivity contribution in [2.75, 3.05) is 5.73 Å². The molecule has 0 atom stereocenters. The van der Waals surface area contributed by atoms with Crippen LogP contribution in [-0.4, -0.2) is 9.55 Å². The smallest absolute Gasteiger partial charge is 0.205 e. The number of fused-ring (bicyclic) bond motifs is 1. The molecule has 0 aliphatic carbocycles. The molecule has 2 aromatic carbocycles. The van der Waals surface area contributed by atoms with Crippen LogP contribution >= 0.6 is 27.5 Å². The van der Waals surface area contributed by atoms with Crippen molar-refractivity contribution in [1.29, 1.82) is 0 Å². The van der Waals surface area contributed by atoms with Crippen LogP contribution < -0.4 is 5.73 Å². The lowest BCUT2D eigenvalue weighted by atomic mass is 10.2. The standard InChI is InChI=1S/C15H13BrClN3/c1-8-4-3-5-12-14(8)20(15(18)19-12)13-7-11(17)9(2)6-10(13)16/h3-7H,1-2H3,(H2,18,19). The number of halogens is 2. The van der Waals surface area contributed by atoms with Crippen LogP contribution in [0.2, 0.25) is 5.02 Å². The Balaban J connectivity index is 2.41. The van der Waals surface area contributed by atoms with Gasteiger partial charge in [-0.05, 0) is 59.1 Å². The van der Waals surface area contributed by atoms with Crippen molar-refractivity contribution < 1.29 is 0 Å². The Kier molecular flexibility index (Phi) is 3.22. The van der Waals surface area contributed by atoms with E-state index in [4.69, 9.17) is 17.3 Å². The highest BCUT2D eigenvalue weighted by atomic mass is 79.9. The summed E-state index contributed by atoms with van der Waals surface area (Å²) >= 11 is 9.83. The number of rotatable bonds is 1.